The molecule has 3 N–H and O–H groups in total. The number of anilines is 2. The highest BCUT2D eigenvalue weighted by atomic mass is 16.3. The number of aliphatic hydroxyl groups excluding tert-OH is 1. The number of benzene rings is 2. The lowest BCUT2D eigenvalue weighted by Crippen LogP contribution is -2.32. The average molecular weight is 381 g/mol. The Balaban J connectivity index is 1.49. The second-order valence-electron chi connectivity index (χ2n) is 6.60. The molecule has 28 heavy (non-hydrogen) atoms. The number of nitrogens with zero attached hydrogens (tertiary/aromatic N) is 1. The third kappa shape index (κ3) is 4.95. The molecule has 7 heteroatoms. The first-order valence-corrected chi connectivity index (χ1v) is 9.25. The fourth-order valence-electron chi connectivity index (χ4n) is 3.07. The van der Waals surface area contributed by atoms with Crippen molar-refractivity contribution in [2.45, 2.75) is 19.3 Å². The van der Waals surface area contributed by atoms with Gasteiger partial charge < -0.3 is 20.6 Å². The fraction of sp³-hybridized carbons (Fsp3) is 0.286. The van der Waals surface area contributed by atoms with Crippen LogP contribution in [0.15, 0.2) is 48.5 Å². The van der Waals surface area contributed by atoms with E-state index in [9.17, 15) is 14.4 Å². The summed E-state index contributed by atoms with van der Waals surface area (Å²) < 4.78 is 0. The van der Waals surface area contributed by atoms with E-state index in [-0.39, 0.29) is 30.9 Å². The lowest BCUT2D eigenvalue weighted by atomic mass is 10.1. The van der Waals surface area contributed by atoms with Crippen LogP contribution in [0, 0.1) is 0 Å². The molecule has 146 valence electrons. The van der Waals surface area contributed by atoms with Crippen molar-refractivity contribution in [3.05, 3.63) is 59.7 Å². The Morgan fingerprint density at radius 2 is 1.75 bits per heavy atom. The minimum absolute atomic E-state index is 0.0764. The monoisotopic (exact) mass is 381 g/mol. The van der Waals surface area contributed by atoms with Crippen molar-refractivity contribution in [3.63, 3.8) is 0 Å². The van der Waals surface area contributed by atoms with Crippen molar-refractivity contribution < 1.29 is 19.5 Å². The summed E-state index contributed by atoms with van der Waals surface area (Å²) in [5, 5.41) is 14.2. The van der Waals surface area contributed by atoms with Gasteiger partial charge in [-0.2, -0.15) is 0 Å². The van der Waals surface area contributed by atoms with Gasteiger partial charge in [0.15, 0.2) is 0 Å². The summed E-state index contributed by atoms with van der Waals surface area (Å²) >= 11 is 0. The molecule has 0 saturated carbocycles. The van der Waals surface area contributed by atoms with Gasteiger partial charge in [0.2, 0.25) is 11.8 Å². The van der Waals surface area contributed by atoms with Crippen molar-refractivity contribution >= 4 is 29.1 Å². The largest absolute Gasteiger partial charge is 0.396 e. The first-order valence-electron chi connectivity index (χ1n) is 9.25. The maximum atomic E-state index is 12.2. The van der Waals surface area contributed by atoms with Crippen LogP contribution in [0.25, 0.3) is 0 Å². The Bertz CT molecular complexity index is 847. The summed E-state index contributed by atoms with van der Waals surface area (Å²) in [6, 6.07) is 13.9. The van der Waals surface area contributed by atoms with E-state index in [1.165, 1.54) is 0 Å². The standard InChI is InChI=1S/C21H23N3O4/c25-13-11-15-3-7-17(8-4-15)23-19(26)14-22-21(28)16-5-9-18(10-6-16)24-12-1-2-20(24)27/h3-10,25H,1-2,11-14H2,(H,22,28)(H,23,26). The molecule has 1 saturated heterocycles. The molecule has 2 aromatic rings. The van der Waals surface area contributed by atoms with Crippen LogP contribution >= 0.6 is 0 Å². The zero-order chi connectivity index (χ0) is 19.9. The van der Waals surface area contributed by atoms with Crippen LogP contribution in [0.3, 0.4) is 0 Å². The van der Waals surface area contributed by atoms with E-state index in [2.05, 4.69) is 10.6 Å². The van der Waals surface area contributed by atoms with E-state index in [0.717, 1.165) is 17.7 Å². The second kappa shape index (κ2) is 9.14. The number of aliphatic hydroxyl groups is 1. The predicted octanol–water partition coefficient (Wildman–Crippen LogP) is 1.72. The van der Waals surface area contributed by atoms with Gasteiger partial charge in [0.25, 0.3) is 5.91 Å². The number of carbonyl (C=O) groups is 3. The van der Waals surface area contributed by atoms with Gasteiger partial charge in [-0.1, -0.05) is 12.1 Å². The van der Waals surface area contributed by atoms with Gasteiger partial charge >= 0.3 is 0 Å². The first kappa shape index (κ1) is 19.6. The van der Waals surface area contributed by atoms with E-state index in [1.807, 2.05) is 12.1 Å². The molecule has 3 amide bonds. The quantitative estimate of drug-likeness (QED) is 0.680. The minimum atomic E-state index is -0.354. The Labute approximate surface area is 163 Å². The van der Waals surface area contributed by atoms with Crippen LogP contribution in [0.1, 0.15) is 28.8 Å². The number of amides is 3. The van der Waals surface area contributed by atoms with E-state index in [4.69, 9.17) is 5.11 Å². The Hall–Kier alpha value is -3.19. The van der Waals surface area contributed by atoms with Crippen molar-refractivity contribution in [1.29, 1.82) is 0 Å². The van der Waals surface area contributed by atoms with Gasteiger partial charge in [0, 0.05) is 36.5 Å². The molecular formula is C21H23N3O4. The topological polar surface area (TPSA) is 98.7 Å². The molecule has 0 atom stereocenters. The van der Waals surface area contributed by atoms with Crippen LogP contribution in [0.2, 0.25) is 0 Å². The minimum Gasteiger partial charge on any atom is -0.396 e. The molecule has 0 bridgehead atoms. The van der Waals surface area contributed by atoms with Crippen molar-refractivity contribution in [3.8, 4) is 0 Å². The summed E-state index contributed by atoms with van der Waals surface area (Å²) in [7, 11) is 0. The van der Waals surface area contributed by atoms with Gasteiger partial charge in [-0.25, -0.2) is 0 Å². The Morgan fingerprint density at radius 3 is 2.36 bits per heavy atom. The van der Waals surface area contributed by atoms with Crippen LogP contribution in [0.5, 0.6) is 0 Å². The van der Waals surface area contributed by atoms with Gasteiger partial charge in [-0.3, -0.25) is 14.4 Å². The summed E-state index contributed by atoms with van der Waals surface area (Å²) in [6.07, 6.45) is 1.97. The molecule has 0 radical (unpaired) electrons. The number of carbonyl (C=O) groups excluding carboxylic acids is 3. The normalized spacial score (nSPS) is 13.5. The van der Waals surface area contributed by atoms with Crippen molar-refractivity contribution in [1.82, 2.24) is 5.32 Å². The predicted molar refractivity (Wildman–Crippen MR) is 106 cm³/mol. The van der Waals surface area contributed by atoms with Crippen LogP contribution in [-0.4, -0.2) is 42.5 Å². The molecule has 1 heterocycles. The molecule has 2 aromatic carbocycles. The third-order valence-corrected chi connectivity index (χ3v) is 4.56. The number of hydrogen-bond acceptors (Lipinski definition) is 4. The highest BCUT2D eigenvalue weighted by Crippen LogP contribution is 2.21. The number of nitrogens with one attached hydrogen (secondary N) is 2. The molecule has 0 spiro atoms. The zero-order valence-corrected chi connectivity index (χ0v) is 15.5. The molecule has 1 fully saturated rings. The molecular weight excluding hydrogens is 358 g/mol. The zero-order valence-electron chi connectivity index (χ0n) is 15.5. The van der Waals surface area contributed by atoms with Gasteiger partial charge in [-0.05, 0) is 54.8 Å². The lowest BCUT2D eigenvalue weighted by Gasteiger charge is -2.15. The van der Waals surface area contributed by atoms with Crippen molar-refractivity contribution in [2.24, 2.45) is 0 Å². The van der Waals surface area contributed by atoms with E-state index >= 15 is 0 Å². The van der Waals surface area contributed by atoms with Gasteiger partial charge in [0.1, 0.15) is 0 Å². The molecule has 1 aliphatic heterocycles. The smallest absolute Gasteiger partial charge is 0.251 e. The van der Waals surface area contributed by atoms with Crippen LogP contribution in [0.4, 0.5) is 11.4 Å². The number of hydrogen-bond donors (Lipinski definition) is 3. The second-order valence-corrected chi connectivity index (χ2v) is 6.60. The van der Waals surface area contributed by atoms with E-state index in [0.29, 0.717) is 30.6 Å². The molecule has 1 aliphatic rings. The van der Waals surface area contributed by atoms with E-state index < -0.39 is 0 Å². The summed E-state index contributed by atoms with van der Waals surface area (Å²) in [4.78, 5) is 37.7. The maximum absolute atomic E-state index is 12.2. The Morgan fingerprint density at radius 1 is 1.04 bits per heavy atom. The van der Waals surface area contributed by atoms with Crippen LogP contribution in [-0.2, 0) is 16.0 Å². The highest BCUT2D eigenvalue weighted by Gasteiger charge is 2.21. The molecule has 7 nitrogen and oxygen atoms in total. The maximum Gasteiger partial charge on any atom is 0.251 e. The molecule has 3 rings (SSSR count). The summed E-state index contributed by atoms with van der Waals surface area (Å²) in [5.74, 6) is -0.589. The molecule has 0 aromatic heterocycles. The lowest BCUT2D eigenvalue weighted by molar-refractivity contribution is -0.117. The van der Waals surface area contributed by atoms with Crippen LogP contribution < -0.4 is 15.5 Å². The summed E-state index contributed by atoms with van der Waals surface area (Å²) in [6.45, 7) is 0.627. The molecule has 0 unspecified atom stereocenters. The summed E-state index contributed by atoms with van der Waals surface area (Å²) in [5.41, 5.74) is 2.81. The van der Waals surface area contributed by atoms with E-state index in [1.54, 1.807) is 41.3 Å². The van der Waals surface area contributed by atoms with Gasteiger partial charge in [-0.15, -0.1) is 0 Å². The fourth-order valence-corrected chi connectivity index (χ4v) is 3.07. The average Bonchev–Trinajstić information content (AvgIpc) is 3.14. The third-order valence-electron chi connectivity index (χ3n) is 4.56. The SMILES string of the molecule is O=C(CNC(=O)c1ccc(N2CCCC2=O)cc1)Nc1ccc(CCO)cc1. The van der Waals surface area contributed by atoms with Gasteiger partial charge in [0.05, 0.1) is 6.54 Å². The Kier molecular flexibility index (Phi) is 6.39. The molecule has 0 aliphatic carbocycles. The highest BCUT2D eigenvalue weighted by molar-refractivity contribution is 6.00. The first-order chi connectivity index (χ1) is 13.6. The number of rotatable bonds is 7. The van der Waals surface area contributed by atoms with Crippen molar-refractivity contribution in [2.75, 3.05) is 29.9 Å².